The van der Waals surface area contributed by atoms with Gasteiger partial charge < -0.3 is 38.6 Å². The van der Waals surface area contributed by atoms with Crippen molar-refractivity contribution in [2.45, 2.75) is 67.3 Å². The molecule has 12 rings (SSSR count). The summed E-state index contributed by atoms with van der Waals surface area (Å²) in [6.45, 7) is 11.6. The summed E-state index contributed by atoms with van der Waals surface area (Å²) in [5, 5.41) is 21.5. The van der Waals surface area contributed by atoms with Gasteiger partial charge in [0.05, 0.1) is 37.5 Å². The van der Waals surface area contributed by atoms with Crippen molar-refractivity contribution in [3.63, 3.8) is 0 Å². The van der Waals surface area contributed by atoms with Gasteiger partial charge in [-0.25, -0.2) is 8.42 Å². The molecule has 0 fully saturated rings. The minimum atomic E-state index is -3.92. The van der Waals surface area contributed by atoms with Crippen molar-refractivity contribution in [1.29, 1.82) is 0 Å². The van der Waals surface area contributed by atoms with Crippen LogP contribution in [0.5, 0.6) is 0 Å². The number of aromatic nitrogens is 4. The molecule has 6 heterocycles. The second-order valence-electron chi connectivity index (χ2n) is 20.4. The number of aliphatic hydroxyl groups is 2. The summed E-state index contributed by atoms with van der Waals surface area (Å²) in [5.41, 5.74) is 11.2. The molecule has 0 aliphatic rings. The molecule has 7 radical (unpaired) electrons. The number of rotatable bonds is 6. The van der Waals surface area contributed by atoms with Crippen molar-refractivity contribution < 1.29 is 80.5 Å². The van der Waals surface area contributed by atoms with Crippen molar-refractivity contribution in [1.82, 2.24) is 19.9 Å². The first-order valence-corrected chi connectivity index (χ1v) is 35.8. The zero-order chi connectivity index (χ0) is 69.2. The van der Waals surface area contributed by atoms with E-state index in [-0.39, 0.29) is 58.8 Å². The molecular formula is C71H76B3Ir2N4O7SSi2-4. The normalized spacial score (nSPS) is 11.3. The summed E-state index contributed by atoms with van der Waals surface area (Å²) < 4.78 is 83.1. The van der Waals surface area contributed by atoms with Crippen LogP contribution in [0.2, 0.25) is 39.3 Å². The van der Waals surface area contributed by atoms with Gasteiger partial charge in [0, 0.05) is 138 Å². The van der Waals surface area contributed by atoms with E-state index in [1.807, 2.05) is 85.1 Å². The van der Waals surface area contributed by atoms with Gasteiger partial charge in [-0.1, -0.05) is 147 Å². The molecule has 0 amide bonds. The van der Waals surface area contributed by atoms with E-state index in [9.17, 15) is 0 Å². The fourth-order valence-electron chi connectivity index (χ4n) is 8.11. The quantitative estimate of drug-likeness (QED) is 0.0701. The van der Waals surface area contributed by atoms with Crippen LogP contribution < -0.4 is 10.4 Å². The van der Waals surface area contributed by atoms with Crippen LogP contribution in [-0.2, 0) is 50.3 Å². The number of para-hydroxylation sites is 1. The topological polar surface area (TPSA) is 175 Å². The molecule has 0 aliphatic heterocycles. The van der Waals surface area contributed by atoms with Crippen LogP contribution in [0.1, 0.15) is 33.7 Å². The molecule has 0 spiro atoms. The number of hydrogen-bond acceptors (Lipinski definition) is 11. The molecule has 0 aliphatic carbocycles. The van der Waals surface area contributed by atoms with E-state index in [0.717, 1.165) is 105 Å². The molecule has 90 heavy (non-hydrogen) atoms. The van der Waals surface area contributed by atoms with Gasteiger partial charge in [0.15, 0.2) is 0 Å². The number of pyridine rings is 4. The van der Waals surface area contributed by atoms with E-state index >= 15 is 0 Å². The Balaban J connectivity index is 0.000000598. The molecule has 0 unspecified atom stereocenters. The van der Waals surface area contributed by atoms with Crippen molar-refractivity contribution >= 4 is 103 Å². The number of nitrogens with zero attached hydrogens (tertiary/aromatic N) is 4. The monoisotopic (exact) mass is 1610 g/mol. The van der Waals surface area contributed by atoms with Gasteiger partial charge in [0.25, 0.3) is 0 Å². The number of terminal acetylenes is 1. The molecule has 0 saturated carbocycles. The average Bonchev–Trinajstić information content (AvgIpc) is 1.62. The van der Waals surface area contributed by atoms with Crippen molar-refractivity contribution in [2.75, 3.05) is 20.5 Å². The molecule has 0 saturated heterocycles. The van der Waals surface area contributed by atoms with Gasteiger partial charge in [0.1, 0.15) is 16.7 Å². The number of benzene rings is 6. The third-order valence-electron chi connectivity index (χ3n) is 12.0. The standard InChI is InChI=1S/C20H19NOSi.C20H18NOSi.2C12H10N.C3H4.CH4O3S.2CH4O.CH4.B3.2Ir/c2*1-23(2,3)14-10-11-15-16-7-6-8-17(18-9-4-5-12-21-18)20(16)22-19(15)13-14;2*1-10-7-8-12(13-9-10)11-5-3-2-4-6-11;1-3-2;1-5(2,3)4;2*1-2;;1-3-2;;/h4-13H,1-3H3;4-7,9-13H,1-3H3;2*2-5,7-9H,1H3;1H,2H3;1H3,(H,2,3,4);2*2H,1H3;1H4;;;/q;3*-1;;;;;;;;/p-1/i;;2*1D3;;;;;;;;. The Morgan fingerprint density at radius 1 is 0.556 bits per heavy atom. The van der Waals surface area contributed by atoms with Crippen molar-refractivity contribution in [2.24, 2.45) is 0 Å². The van der Waals surface area contributed by atoms with Crippen LogP contribution in [0.25, 0.3) is 88.9 Å². The summed E-state index contributed by atoms with van der Waals surface area (Å²) in [6.07, 6.45) is 11.6. The van der Waals surface area contributed by atoms with Gasteiger partial charge in [-0.05, 0) is 85.2 Å². The number of aryl methyl sites for hydroxylation is 2. The molecule has 6 aromatic heterocycles. The maximum atomic E-state index is 9.08. The van der Waals surface area contributed by atoms with Crippen LogP contribution >= 0.6 is 0 Å². The Bertz CT molecular complexity index is 4110. The van der Waals surface area contributed by atoms with Crippen LogP contribution in [0.15, 0.2) is 210 Å². The maximum absolute atomic E-state index is 9.08. The van der Waals surface area contributed by atoms with Crippen molar-refractivity contribution in [3.05, 3.63) is 230 Å². The Kier molecular flexibility index (Phi) is 31.7. The largest absolute Gasteiger partial charge is 0.748 e. The summed E-state index contributed by atoms with van der Waals surface area (Å²) in [6, 6.07) is 66.4. The smallest absolute Gasteiger partial charge is 0.144 e. The molecule has 0 bridgehead atoms. The van der Waals surface area contributed by atoms with Gasteiger partial charge in [-0.15, -0.1) is 102 Å². The molecular weight excluding hydrogens is 1530 g/mol. The molecule has 0 atom stereocenters. The zero-order valence-electron chi connectivity index (χ0n) is 57.2. The van der Waals surface area contributed by atoms with Crippen LogP contribution in [0.3, 0.4) is 0 Å². The first kappa shape index (κ1) is 70.3. The van der Waals surface area contributed by atoms with Crippen LogP contribution in [-0.4, -0.2) is 102 Å². The molecule has 19 heteroatoms. The fourth-order valence-corrected chi connectivity index (χ4v) is 10.4. The van der Waals surface area contributed by atoms with E-state index in [1.165, 1.54) is 28.2 Å². The molecule has 6 aromatic carbocycles. The number of furan rings is 2. The van der Waals surface area contributed by atoms with Crippen LogP contribution in [0, 0.1) is 44.2 Å². The predicted molar refractivity (Wildman–Crippen MR) is 376 cm³/mol. The summed E-state index contributed by atoms with van der Waals surface area (Å²) in [7, 11) is 5.38. The molecule has 2 N–H and O–H groups in total. The van der Waals surface area contributed by atoms with Gasteiger partial charge in [-0.2, -0.15) is 0 Å². The summed E-state index contributed by atoms with van der Waals surface area (Å²) in [5.74, 6) is 2.25. The maximum Gasteiger partial charge on any atom is 0.144 e. The van der Waals surface area contributed by atoms with E-state index in [1.54, 1.807) is 49.5 Å². The van der Waals surface area contributed by atoms with Gasteiger partial charge in [0.2, 0.25) is 0 Å². The molecule has 12 aromatic rings. The van der Waals surface area contributed by atoms with E-state index < -0.39 is 40.0 Å². The SMILES string of the molecule is C.C#CC.CO.CO.CS(=O)(=O)[O-].C[Si](C)(C)c1ccc2c(c1)oc1c(-c3ccccn3)[c-]ccc12.C[Si](C)(C)c1ccc2c(c1)oc1c(-c3ccccn3)cccc12.[2H]C([2H])([2H])c1ccc(-c2[c-]cccc2)nc1.[2H]C([2H])([2H])c1ccc(-c2[c-]cccc2)nc1.[B][B][B].[Ir].[Ir]. The Labute approximate surface area is 574 Å². The second-order valence-corrected chi connectivity index (χ2v) is 32.0. The number of hydrogen-bond donors (Lipinski definition) is 2. The van der Waals surface area contributed by atoms with Gasteiger partial charge >= 0.3 is 0 Å². The van der Waals surface area contributed by atoms with E-state index in [0.29, 0.717) is 6.26 Å². The third-order valence-corrected chi connectivity index (χ3v) is 16.1. The summed E-state index contributed by atoms with van der Waals surface area (Å²) in [4.78, 5) is 17.2. The Morgan fingerprint density at radius 3 is 1.36 bits per heavy atom. The molecule has 11 nitrogen and oxygen atoms in total. The van der Waals surface area contributed by atoms with Gasteiger partial charge in [-0.3, -0.25) is 4.98 Å². The minimum absolute atomic E-state index is 0. The molecule has 467 valence electrons. The fraction of sp³-hybridized carbons (Fsp3) is 0.183. The minimum Gasteiger partial charge on any atom is -0.748 e. The predicted octanol–water partition coefficient (Wildman–Crippen LogP) is 14.4. The first-order valence-electron chi connectivity index (χ1n) is 30.0. The Hall–Kier alpha value is -7.16. The average molecular weight is 1610 g/mol. The van der Waals surface area contributed by atoms with E-state index in [2.05, 4.69) is 166 Å². The second kappa shape index (κ2) is 40.6. The van der Waals surface area contributed by atoms with E-state index in [4.69, 9.17) is 40.2 Å². The Morgan fingerprint density at radius 2 is 0.978 bits per heavy atom. The third kappa shape index (κ3) is 25.3. The zero-order valence-corrected chi connectivity index (χ0v) is 58.8. The number of fused-ring (bicyclic) bond motifs is 6. The van der Waals surface area contributed by atoms with Crippen LogP contribution in [0.4, 0.5) is 0 Å². The summed E-state index contributed by atoms with van der Waals surface area (Å²) >= 11 is 0. The first-order chi connectivity index (χ1) is 44.0. The van der Waals surface area contributed by atoms with Crippen molar-refractivity contribution in [3.8, 4) is 57.4 Å². The number of aliphatic hydroxyl groups excluding tert-OH is 2.